The van der Waals surface area contributed by atoms with E-state index in [-0.39, 0.29) is 24.3 Å². The number of amides is 2. The number of rotatable bonds is 8. The Morgan fingerprint density at radius 2 is 1.68 bits per heavy atom. The van der Waals surface area contributed by atoms with Crippen LogP contribution in [0.25, 0.3) is 11.3 Å². The van der Waals surface area contributed by atoms with Crippen molar-refractivity contribution in [2.45, 2.75) is 20.3 Å². The third-order valence-electron chi connectivity index (χ3n) is 6.50. The van der Waals surface area contributed by atoms with Crippen molar-refractivity contribution < 1.29 is 14.3 Å². The second-order valence-corrected chi connectivity index (χ2v) is 10.2. The zero-order valence-electron chi connectivity index (χ0n) is 22.1. The number of halogens is 1. The summed E-state index contributed by atoms with van der Waals surface area (Å²) in [6.07, 6.45) is 0.808. The Bertz CT molecular complexity index is 1220. The lowest BCUT2D eigenvalue weighted by molar-refractivity contribution is -0.131. The van der Waals surface area contributed by atoms with Crippen LogP contribution in [0.1, 0.15) is 30.6 Å². The van der Waals surface area contributed by atoms with E-state index in [9.17, 15) is 9.59 Å². The van der Waals surface area contributed by atoms with Crippen molar-refractivity contribution in [3.05, 3.63) is 71.2 Å². The molecule has 2 heterocycles. The summed E-state index contributed by atoms with van der Waals surface area (Å²) in [4.78, 5) is 32.1. The topological polar surface area (TPSA) is 78.9 Å². The molecule has 0 spiro atoms. The van der Waals surface area contributed by atoms with E-state index in [1.165, 1.54) is 0 Å². The molecule has 0 bridgehead atoms. The highest BCUT2D eigenvalue weighted by Crippen LogP contribution is 2.22. The highest BCUT2D eigenvalue weighted by molar-refractivity contribution is 6.30. The highest BCUT2D eigenvalue weighted by Gasteiger charge is 2.25. The van der Waals surface area contributed by atoms with Gasteiger partial charge in [-0.05, 0) is 73.0 Å². The molecule has 1 saturated heterocycles. The predicted molar refractivity (Wildman–Crippen MR) is 150 cm³/mol. The highest BCUT2D eigenvalue weighted by atomic mass is 35.5. The number of anilines is 1. The molecule has 0 atom stereocenters. The molecule has 1 aromatic heterocycles. The van der Waals surface area contributed by atoms with Crippen molar-refractivity contribution in [3.8, 4) is 17.0 Å². The van der Waals surface area contributed by atoms with E-state index < -0.39 is 0 Å². The number of carbonyl (C=O) groups is 2. The van der Waals surface area contributed by atoms with Crippen LogP contribution in [0, 0.1) is 5.92 Å². The molecule has 1 aliphatic rings. The van der Waals surface area contributed by atoms with Crippen molar-refractivity contribution in [3.63, 3.8) is 0 Å². The Kier molecular flexibility index (Phi) is 9.18. The third kappa shape index (κ3) is 7.01. The average Bonchev–Trinajstić information content (AvgIpc) is 3.19. The molecule has 200 valence electrons. The van der Waals surface area contributed by atoms with Crippen LogP contribution in [0.15, 0.2) is 60.7 Å². The van der Waals surface area contributed by atoms with Gasteiger partial charge in [0.1, 0.15) is 12.3 Å². The van der Waals surface area contributed by atoms with Gasteiger partial charge in [-0.25, -0.2) is 0 Å². The second kappa shape index (κ2) is 12.7. The first-order valence-corrected chi connectivity index (χ1v) is 13.3. The fraction of sp³-hybridized carbons (Fsp3) is 0.379. The molecule has 4 rings (SSSR count). The maximum absolute atomic E-state index is 13.3. The Hall–Kier alpha value is -3.65. The quantitative estimate of drug-likeness (QED) is 0.418. The van der Waals surface area contributed by atoms with Crippen LogP contribution in [0.5, 0.6) is 5.75 Å². The fourth-order valence-corrected chi connectivity index (χ4v) is 4.63. The first-order chi connectivity index (χ1) is 18.3. The van der Waals surface area contributed by atoms with E-state index in [1.54, 1.807) is 36.3 Å². The Balaban J connectivity index is 1.37. The molecule has 9 heteroatoms. The van der Waals surface area contributed by atoms with E-state index in [2.05, 4.69) is 15.1 Å². The molecule has 0 saturated carbocycles. The standard InChI is InChI=1S/C29H34ClN5O3/c1-21(2)19-35(29(37)23-5-9-24(30)10-6-23)20-28(36)34-16-4-15-33(17-18-34)27-14-13-26(31-32-27)22-7-11-25(38-3)12-8-22/h5-14,21H,4,15-20H2,1-3H3. The molecule has 2 amide bonds. The van der Waals surface area contributed by atoms with Crippen molar-refractivity contribution >= 4 is 29.2 Å². The molecule has 3 aromatic rings. The lowest BCUT2D eigenvalue weighted by Crippen LogP contribution is -2.45. The molecule has 1 fully saturated rings. The van der Waals surface area contributed by atoms with Crippen LogP contribution >= 0.6 is 11.6 Å². The maximum Gasteiger partial charge on any atom is 0.254 e. The minimum Gasteiger partial charge on any atom is -0.497 e. The lowest BCUT2D eigenvalue weighted by Gasteiger charge is -2.28. The number of carbonyl (C=O) groups excluding carboxylic acids is 2. The van der Waals surface area contributed by atoms with E-state index in [1.807, 2.05) is 55.1 Å². The van der Waals surface area contributed by atoms with E-state index in [4.69, 9.17) is 16.3 Å². The number of benzene rings is 2. The zero-order valence-corrected chi connectivity index (χ0v) is 22.9. The van der Waals surface area contributed by atoms with Gasteiger partial charge < -0.3 is 19.4 Å². The normalized spacial score (nSPS) is 13.8. The fourth-order valence-electron chi connectivity index (χ4n) is 4.50. The smallest absolute Gasteiger partial charge is 0.254 e. The number of ether oxygens (including phenoxy) is 1. The molecule has 0 radical (unpaired) electrons. The Morgan fingerprint density at radius 1 is 0.947 bits per heavy atom. The van der Waals surface area contributed by atoms with E-state index in [0.29, 0.717) is 36.8 Å². The average molecular weight is 536 g/mol. The molecular formula is C29H34ClN5O3. The van der Waals surface area contributed by atoms with Crippen molar-refractivity contribution in [1.29, 1.82) is 0 Å². The Morgan fingerprint density at radius 3 is 2.32 bits per heavy atom. The SMILES string of the molecule is COc1ccc(-c2ccc(N3CCCN(C(=O)CN(CC(C)C)C(=O)c4ccc(Cl)cc4)CC3)nn2)cc1. The molecule has 2 aromatic carbocycles. The zero-order chi connectivity index (χ0) is 27.1. The summed E-state index contributed by atoms with van der Waals surface area (Å²) < 4.78 is 5.22. The van der Waals surface area contributed by atoms with Gasteiger partial charge in [0.05, 0.1) is 12.8 Å². The monoisotopic (exact) mass is 535 g/mol. The largest absolute Gasteiger partial charge is 0.497 e. The second-order valence-electron chi connectivity index (χ2n) is 9.81. The van der Waals surface area contributed by atoms with Crippen LogP contribution in [-0.4, -0.2) is 78.2 Å². The minimum atomic E-state index is -0.160. The van der Waals surface area contributed by atoms with Gasteiger partial charge >= 0.3 is 0 Å². The summed E-state index contributed by atoms with van der Waals surface area (Å²) in [5.41, 5.74) is 2.29. The number of hydrogen-bond acceptors (Lipinski definition) is 6. The number of aromatic nitrogens is 2. The molecule has 1 aliphatic heterocycles. The molecule has 0 N–H and O–H groups in total. The van der Waals surface area contributed by atoms with Crippen molar-refractivity contribution in [2.75, 3.05) is 51.3 Å². The van der Waals surface area contributed by atoms with Gasteiger partial charge in [-0.2, -0.15) is 0 Å². The molecule has 8 nitrogen and oxygen atoms in total. The predicted octanol–water partition coefficient (Wildman–Crippen LogP) is 4.64. The number of methoxy groups -OCH3 is 1. The maximum atomic E-state index is 13.3. The summed E-state index contributed by atoms with van der Waals surface area (Å²) in [6, 6.07) is 18.4. The third-order valence-corrected chi connectivity index (χ3v) is 6.75. The summed E-state index contributed by atoms with van der Waals surface area (Å²) in [5.74, 6) is 1.61. The molecule has 0 aliphatic carbocycles. The van der Waals surface area contributed by atoms with Gasteiger partial charge in [0.25, 0.3) is 5.91 Å². The number of hydrogen-bond donors (Lipinski definition) is 0. The van der Waals surface area contributed by atoms with Crippen molar-refractivity contribution in [2.24, 2.45) is 5.92 Å². The lowest BCUT2D eigenvalue weighted by atomic mass is 10.1. The molecular weight excluding hydrogens is 502 g/mol. The number of nitrogens with zero attached hydrogens (tertiary/aromatic N) is 5. The van der Waals surface area contributed by atoms with Gasteiger partial charge in [-0.15, -0.1) is 10.2 Å². The van der Waals surface area contributed by atoms with Gasteiger partial charge in [-0.3, -0.25) is 9.59 Å². The van der Waals surface area contributed by atoms with Crippen LogP contribution in [-0.2, 0) is 4.79 Å². The van der Waals surface area contributed by atoms with Crippen LogP contribution in [0.2, 0.25) is 5.02 Å². The summed E-state index contributed by atoms with van der Waals surface area (Å²) in [5, 5.41) is 9.45. The van der Waals surface area contributed by atoms with Crippen LogP contribution in [0.4, 0.5) is 5.82 Å². The van der Waals surface area contributed by atoms with Crippen LogP contribution in [0.3, 0.4) is 0 Å². The van der Waals surface area contributed by atoms with Gasteiger partial charge in [-0.1, -0.05) is 25.4 Å². The van der Waals surface area contributed by atoms with Gasteiger partial charge in [0, 0.05) is 48.9 Å². The van der Waals surface area contributed by atoms with Crippen molar-refractivity contribution in [1.82, 2.24) is 20.0 Å². The van der Waals surface area contributed by atoms with Gasteiger partial charge in [0.15, 0.2) is 5.82 Å². The summed E-state index contributed by atoms with van der Waals surface area (Å²) in [7, 11) is 1.64. The van der Waals surface area contributed by atoms with E-state index in [0.717, 1.165) is 35.8 Å². The molecule has 0 unspecified atom stereocenters. The molecule has 38 heavy (non-hydrogen) atoms. The Labute approximate surface area is 229 Å². The minimum absolute atomic E-state index is 0.0456. The first kappa shape index (κ1) is 27.4. The first-order valence-electron chi connectivity index (χ1n) is 12.9. The van der Waals surface area contributed by atoms with Crippen LogP contribution < -0.4 is 9.64 Å². The van der Waals surface area contributed by atoms with Gasteiger partial charge in [0.2, 0.25) is 5.91 Å². The summed E-state index contributed by atoms with van der Waals surface area (Å²) >= 11 is 5.98. The van der Waals surface area contributed by atoms with E-state index >= 15 is 0 Å². The summed E-state index contributed by atoms with van der Waals surface area (Å²) in [6.45, 7) is 7.26.